The first-order valence-electron chi connectivity index (χ1n) is 10.9. The van der Waals surface area contributed by atoms with Gasteiger partial charge in [-0.25, -0.2) is 4.98 Å². The van der Waals surface area contributed by atoms with Gasteiger partial charge in [-0.05, 0) is 32.8 Å². The van der Waals surface area contributed by atoms with Crippen molar-refractivity contribution in [2.75, 3.05) is 26.3 Å². The summed E-state index contributed by atoms with van der Waals surface area (Å²) in [5.41, 5.74) is 2.28. The Morgan fingerprint density at radius 3 is 2.90 bits per heavy atom. The number of ether oxygens (including phenoxy) is 1. The number of hydrogen-bond acceptors (Lipinski definition) is 6. The lowest BCUT2D eigenvalue weighted by Crippen LogP contribution is -2.38. The monoisotopic (exact) mass is 421 g/mol. The molecule has 8 heteroatoms. The Morgan fingerprint density at radius 1 is 1.29 bits per heavy atom. The largest absolute Gasteiger partial charge is 0.443 e. The maximum Gasteiger partial charge on any atom is 0.276 e. The minimum Gasteiger partial charge on any atom is -0.443 e. The van der Waals surface area contributed by atoms with Crippen molar-refractivity contribution in [1.29, 1.82) is 0 Å². The van der Waals surface area contributed by atoms with Crippen molar-refractivity contribution >= 4 is 5.91 Å². The number of hydrogen-bond donors (Lipinski definition) is 0. The van der Waals surface area contributed by atoms with Crippen LogP contribution >= 0.6 is 0 Å². The van der Waals surface area contributed by atoms with Crippen LogP contribution in [0.15, 0.2) is 41.4 Å². The smallest absolute Gasteiger partial charge is 0.276 e. The Bertz CT molecular complexity index is 1080. The molecule has 2 fully saturated rings. The molecule has 3 aromatic rings. The van der Waals surface area contributed by atoms with Crippen LogP contribution in [0.4, 0.5) is 0 Å². The average Bonchev–Trinajstić information content (AvgIpc) is 3.52. The number of likely N-dealkylation sites (tertiary alicyclic amines) is 1. The molecule has 8 nitrogen and oxygen atoms in total. The van der Waals surface area contributed by atoms with Gasteiger partial charge in [0.15, 0.2) is 17.8 Å². The fourth-order valence-corrected chi connectivity index (χ4v) is 5.08. The molecule has 2 saturated heterocycles. The topological polar surface area (TPSA) is 86.3 Å². The van der Waals surface area contributed by atoms with E-state index in [0.717, 1.165) is 36.3 Å². The molecule has 1 atom stereocenters. The summed E-state index contributed by atoms with van der Waals surface area (Å²) in [4.78, 5) is 19.8. The van der Waals surface area contributed by atoms with Crippen LogP contribution in [0.1, 0.15) is 47.6 Å². The number of carbonyl (C=O) groups excluding carboxylic acids is 1. The molecule has 1 aromatic carbocycles. The molecular formula is C23H27N5O3. The van der Waals surface area contributed by atoms with Crippen molar-refractivity contribution in [2.24, 2.45) is 5.41 Å². The molecule has 1 unspecified atom stereocenters. The highest BCUT2D eigenvalue weighted by Gasteiger charge is 2.51. The van der Waals surface area contributed by atoms with E-state index >= 15 is 0 Å². The molecule has 2 aromatic heterocycles. The zero-order valence-corrected chi connectivity index (χ0v) is 18.0. The Kier molecular flexibility index (Phi) is 5.09. The highest BCUT2D eigenvalue weighted by molar-refractivity contribution is 5.98. The van der Waals surface area contributed by atoms with Gasteiger partial charge in [0.1, 0.15) is 12.2 Å². The quantitative estimate of drug-likeness (QED) is 0.643. The minimum absolute atomic E-state index is 0.0545. The van der Waals surface area contributed by atoms with Crippen molar-refractivity contribution in [3.05, 3.63) is 54.1 Å². The SMILES string of the molecule is CCn1cnnc1C1CN(C(=O)c2ncoc2-c2cccc(C)c2)CC12CCOCC2. The van der Waals surface area contributed by atoms with Gasteiger partial charge in [-0.3, -0.25) is 4.79 Å². The predicted molar refractivity (Wildman–Crippen MR) is 114 cm³/mol. The van der Waals surface area contributed by atoms with Crippen LogP contribution in [0.5, 0.6) is 0 Å². The van der Waals surface area contributed by atoms with Gasteiger partial charge in [-0.2, -0.15) is 0 Å². The molecule has 1 amide bonds. The van der Waals surface area contributed by atoms with Crippen molar-refractivity contribution in [3.8, 4) is 11.3 Å². The second-order valence-electron chi connectivity index (χ2n) is 8.59. The lowest BCUT2D eigenvalue weighted by atomic mass is 9.71. The second kappa shape index (κ2) is 7.92. The zero-order chi connectivity index (χ0) is 21.4. The summed E-state index contributed by atoms with van der Waals surface area (Å²) >= 11 is 0. The molecule has 2 aliphatic rings. The van der Waals surface area contributed by atoms with Gasteiger partial charge in [0.2, 0.25) is 0 Å². The van der Waals surface area contributed by atoms with Crippen LogP contribution < -0.4 is 0 Å². The van der Waals surface area contributed by atoms with E-state index in [1.54, 1.807) is 6.33 Å². The van der Waals surface area contributed by atoms with Gasteiger partial charge in [0.05, 0.1) is 0 Å². The van der Waals surface area contributed by atoms with Crippen molar-refractivity contribution in [2.45, 2.75) is 39.2 Å². The third kappa shape index (κ3) is 3.44. The van der Waals surface area contributed by atoms with Crippen molar-refractivity contribution in [1.82, 2.24) is 24.6 Å². The summed E-state index contributed by atoms with van der Waals surface area (Å²) in [7, 11) is 0. The molecule has 0 N–H and O–H groups in total. The number of oxazole rings is 1. The van der Waals surface area contributed by atoms with Gasteiger partial charge in [0, 0.05) is 49.7 Å². The Labute approximate surface area is 181 Å². The first-order valence-corrected chi connectivity index (χ1v) is 10.9. The fourth-order valence-electron chi connectivity index (χ4n) is 5.08. The highest BCUT2D eigenvalue weighted by atomic mass is 16.5. The van der Waals surface area contributed by atoms with E-state index in [2.05, 4.69) is 26.7 Å². The van der Waals surface area contributed by atoms with E-state index in [1.165, 1.54) is 6.39 Å². The van der Waals surface area contributed by atoms with Crippen LogP contribution in [0.2, 0.25) is 0 Å². The summed E-state index contributed by atoms with van der Waals surface area (Å²) in [6.07, 6.45) is 4.94. The van der Waals surface area contributed by atoms with Gasteiger partial charge < -0.3 is 18.6 Å². The molecule has 1 spiro atoms. The van der Waals surface area contributed by atoms with Crippen LogP contribution in [0.3, 0.4) is 0 Å². The number of nitrogens with zero attached hydrogens (tertiary/aromatic N) is 5. The Balaban J connectivity index is 1.48. The zero-order valence-electron chi connectivity index (χ0n) is 18.0. The summed E-state index contributed by atoms with van der Waals surface area (Å²) < 4.78 is 13.4. The van der Waals surface area contributed by atoms with Crippen LogP contribution in [-0.2, 0) is 11.3 Å². The molecule has 0 aliphatic carbocycles. The minimum atomic E-state index is -0.0961. The third-order valence-corrected chi connectivity index (χ3v) is 6.77. The average molecular weight is 422 g/mol. The van der Waals surface area contributed by atoms with Crippen molar-refractivity contribution in [3.63, 3.8) is 0 Å². The Hall–Kier alpha value is -3.00. The molecule has 2 aliphatic heterocycles. The molecule has 0 saturated carbocycles. The van der Waals surface area contributed by atoms with E-state index in [9.17, 15) is 4.79 Å². The fraction of sp³-hybridized carbons (Fsp3) is 0.478. The lowest BCUT2D eigenvalue weighted by Gasteiger charge is -2.37. The molecule has 4 heterocycles. The number of amides is 1. The van der Waals surface area contributed by atoms with Gasteiger partial charge in [-0.15, -0.1) is 10.2 Å². The summed E-state index contributed by atoms with van der Waals surface area (Å²) in [6.45, 7) is 7.58. The van der Waals surface area contributed by atoms with Gasteiger partial charge >= 0.3 is 0 Å². The van der Waals surface area contributed by atoms with Gasteiger partial charge in [-0.1, -0.05) is 23.8 Å². The molecular weight excluding hydrogens is 394 g/mol. The predicted octanol–water partition coefficient (Wildman–Crippen LogP) is 3.30. The second-order valence-corrected chi connectivity index (χ2v) is 8.59. The summed E-state index contributed by atoms with van der Waals surface area (Å²) in [6, 6.07) is 7.93. The maximum atomic E-state index is 13.6. The highest BCUT2D eigenvalue weighted by Crippen LogP contribution is 2.49. The standard InChI is InChI=1S/C23H27N5O3/c1-3-27-14-25-26-21(27)18-12-28(13-23(18)7-9-30-10-8-23)22(29)19-20(31-15-24-19)17-6-4-5-16(2)11-17/h4-6,11,14-15,18H,3,7-10,12-13H2,1-2H3. The number of benzene rings is 1. The lowest BCUT2D eigenvalue weighted by molar-refractivity contribution is 0.0107. The summed E-state index contributed by atoms with van der Waals surface area (Å²) in [5.74, 6) is 1.51. The van der Waals surface area contributed by atoms with E-state index in [4.69, 9.17) is 9.15 Å². The Morgan fingerprint density at radius 2 is 2.13 bits per heavy atom. The normalized spacial score (nSPS) is 20.5. The number of carbonyl (C=O) groups is 1. The van der Waals surface area contributed by atoms with E-state index in [-0.39, 0.29) is 17.2 Å². The molecule has 31 heavy (non-hydrogen) atoms. The number of rotatable bonds is 4. The molecule has 0 radical (unpaired) electrons. The molecule has 162 valence electrons. The summed E-state index contributed by atoms with van der Waals surface area (Å²) in [5, 5.41) is 8.60. The number of aromatic nitrogens is 4. The van der Waals surface area contributed by atoms with Crippen LogP contribution in [-0.4, -0.2) is 56.9 Å². The van der Waals surface area contributed by atoms with Crippen molar-refractivity contribution < 1.29 is 13.9 Å². The van der Waals surface area contributed by atoms with Crippen LogP contribution in [0.25, 0.3) is 11.3 Å². The first kappa shape index (κ1) is 19.9. The third-order valence-electron chi connectivity index (χ3n) is 6.77. The van der Waals surface area contributed by atoms with Crippen LogP contribution in [0, 0.1) is 12.3 Å². The van der Waals surface area contributed by atoms with E-state index in [1.807, 2.05) is 36.1 Å². The first-order chi connectivity index (χ1) is 15.1. The van der Waals surface area contributed by atoms with E-state index in [0.29, 0.717) is 37.8 Å². The molecule has 0 bridgehead atoms. The maximum absolute atomic E-state index is 13.6. The number of aryl methyl sites for hydroxylation is 2. The van der Waals surface area contributed by atoms with Gasteiger partial charge in [0.25, 0.3) is 5.91 Å². The van der Waals surface area contributed by atoms with E-state index < -0.39 is 0 Å². The molecule has 5 rings (SSSR count).